The van der Waals surface area contributed by atoms with Gasteiger partial charge in [-0.25, -0.2) is 9.37 Å². The number of ether oxygens (including phenoxy) is 4. The van der Waals surface area contributed by atoms with E-state index in [4.69, 9.17) is 30.5 Å². The number of aromatic nitrogens is 2. The Bertz CT molecular complexity index is 1760. The molecule has 6 rings (SSSR count). The molecular formula is C32H31ClF4N4O5. The number of imidazole rings is 1. The van der Waals surface area contributed by atoms with Crippen molar-refractivity contribution in [1.29, 1.82) is 0 Å². The van der Waals surface area contributed by atoms with Crippen molar-refractivity contribution >= 4 is 23.2 Å². The molecule has 1 fully saturated rings. The highest BCUT2D eigenvalue weighted by Crippen LogP contribution is 2.41. The average molecular weight is 663 g/mol. The molecule has 0 N–H and O–H groups in total. The fourth-order valence-corrected chi connectivity index (χ4v) is 6.19. The molecule has 4 heterocycles. The third-order valence-electron chi connectivity index (χ3n) is 8.20. The number of nitrogens with zero attached hydrogens (tertiary/aromatic N) is 4. The monoisotopic (exact) mass is 662 g/mol. The fourth-order valence-electron chi connectivity index (χ4n) is 5.93. The summed E-state index contributed by atoms with van der Waals surface area (Å²) in [6.07, 6.45) is -3.12. The Labute approximate surface area is 267 Å². The maximum Gasteiger partial charge on any atom is 0.416 e. The second kappa shape index (κ2) is 13.0. The van der Waals surface area contributed by atoms with Gasteiger partial charge in [0, 0.05) is 50.4 Å². The van der Waals surface area contributed by atoms with Crippen LogP contribution in [0.4, 0.5) is 17.6 Å². The molecule has 2 aromatic carbocycles. The van der Waals surface area contributed by atoms with E-state index in [-0.39, 0.29) is 35.7 Å². The number of carbonyl (C=O) groups is 1. The largest absolute Gasteiger partial charge is 0.493 e. The molecule has 0 bridgehead atoms. The van der Waals surface area contributed by atoms with Gasteiger partial charge in [0.05, 0.1) is 49.4 Å². The third-order valence-corrected chi connectivity index (χ3v) is 8.50. The van der Waals surface area contributed by atoms with E-state index < -0.39 is 36.1 Å². The van der Waals surface area contributed by atoms with Crippen LogP contribution in [0.5, 0.6) is 17.2 Å². The molecule has 0 spiro atoms. The summed E-state index contributed by atoms with van der Waals surface area (Å²) in [5.74, 6) is -0.524. The minimum Gasteiger partial charge on any atom is -0.493 e. The van der Waals surface area contributed by atoms with Crippen LogP contribution in [0.25, 0.3) is 5.65 Å². The van der Waals surface area contributed by atoms with E-state index in [2.05, 4.69) is 9.88 Å². The molecule has 2 aliphatic rings. The number of amides is 1. The van der Waals surface area contributed by atoms with Crippen LogP contribution >= 0.6 is 11.6 Å². The predicted molar refractivity (Wildman–Crippen MR) is 160 cm³/mol. The number of halogens is 5. The highest BCUT2D eigenvalue weighted by molar-refractivity contribution is 6.32. The summed E-state index contributed by atoms with van der Waals surface area (Å²) < 4.78 is 79.7. The van der Waals surface area contributed by atoms with E-state index in [0.29, 0.717) is 41.9 Å². The molecule has 1 saturated heterocycles. The van der Waals surface area contributed by atoms with Gasteiger partial charge in [-0.3, -0.25) is 9.69 Å². The van der Waals surface area contributed by atoms with Crippen molar-refractivity contribution in [2.75, 3.05) is 53.7 Å². The van der Waals surface area contributed by atoms with Gasteiger partial charge in [-0.05, 0) is 35.9 Å². The van der Waals surface area contributed by atoms with Crippen molar-refractivity contribution in [3.63, 3.8) is 0 Å². The molecule has 14 heteroatoms. The van der Waals surface area contributed by atoms with Crippen LogP contribution < -0.4 is 14.2 Å². The Morgan fingerprint density at radius 1 is 1.02 bits per heavy atom. The summed E-state index contributed by atoms with van der Waals surface area (Å²) in [6, 6.07) is 8.72. The number of hydrogen-bond acceptors (Lipinski definition) is 7. The second-order valence-corrected chi connectivity index (χ2v) is 11.4. The highest BCUT2D eigenvalue weighted by atomic mass is 35.5. The van der Waals surface area contributed by atoms with Crippen LogP contribution in [0, 0.1) is 5.82 Å². The minimum absolute atomic E-state index is 0.0280. The van der Waals surface area contributed by atoms with Crippen LogP contribution in [0.15, 0.2) is 48.7 Å². The van der Waals surface area contributed by atoms with E-state index in [1.165, 1.54) is 35.8 Å². The van der Waals surface area contributed by atoms with Gasteiger partial charge in [-0.15, -0.1) is 0 Å². The number of pyridine rings is 1. The van der Waals surface area contributed by atoms with Gasteiger partial charge < -0.3 is 28.2 Å². The summed E-state index contributed by atoms with van der Waals surface area (Å²) in [7, 11) is 2.76. The van der Waals surface area contributed by atoms with E-state index in [0.717, 1.165) is 36.9 Å². The Kier molecular flexibility index (Phi) is 8.99. The number of methoxy groups -OCH3 is 2. The van der Waals surface area contributed by atoms with E-state index >= 15 is 4.39 Å². The average Bonchev–Trinajstić information content (AvgIpc) is 3.42. The minimum atomic E-state index is -4.58. The molecule has 4 aromatic rings. The summed E-state index contributed by atoms with van der Waals surface area (Å²) >= 11 is 6.53. The molecule has 9 nitrogen and oxygen atoms in total. The molecule has 244 valence electrons. The van der Waals surface area contributed by atoms with Gasteiger partial charge in [-0.1, -0.05) is 17.7 Å². The van der Waals surface area contributed by atoms with E-state index in [9.17, 15) is 18.0 Å². The predicted octanol–water partition coefficient (Wildman–Crippen LogP) is 5.55. The van der Waals surface area contributed by atoms with Gasteiger partial charge in [0.1, 0.15) is 23.3 Å². The van der Waals surface area contributed by atoms with Crippen molar-refractivity contribution in [1.82, 2.24) is 19.2 Å². The fraction of sp³-hybridized carbons (Fsp3) is 0.375. The number of fused-ring (bicyclic) bond motifs is 3. The second-order valence-electron chi connectivity index (χ2n) is 11.0. The normalized spacial score (nSPS) is 17.2. The van der Waals surface area contributed by atoms with Crippen LogP contribution in [-0.4, -0.2) is 78.8 Å². The number of carbonyl (C=O) groups excluding carboxylic acids is 1. The Balaban J connectivity index is 1.32. The first-order valence-electron chi connectivity index (χ1n) is 14.6. The summed E-state index contributed by atoms with van der Waals surface area (Å²) in [5.41, 5.74) is 1.01. The van der Waals surface area contributed by atoms with Gasteiger partial charge in [0.15, 0.2) is 18.1 Å². The van der Waals surface area contributed by atoms with Gasteiger partial charge in [0.2, 0.25) is 0 Å². The van der Waals surface area contributed by atoms with Gasteiger partial charge in [0.25, 0.3) is 5.91 Å². The van der Waals surface area contributed by atoms with Crippen molar-refractivity contribution < 1.29 is 41.3 Å². The van der Waals surface area contributed by atoms with E-state index in [1.54, 1.807) is 12.1 Å². The third kappa shape index (κ3) is 6.31. The SMILES string of the molecule is COc1cc(F)c(C2c3c(nc4cc(C(F)(F)F)ccn34)CCN2C(=O)COc2ccc(CN3CCOCC3)cc2Cl)cc1OC. The molecule has 0 saturated carbocycles. The summed E-state index contributed by atoms with van der Waals surface area (Å²) in [6.45, 7) is 3.37. The number of morpholine rings is 1. The van der Waals surface area contributed by atoms with Gasteiger partial charge >= 0.3 is 6.18 Å². The first-order valence-corrected chi connectivity index (χ1v) is 15.0. The molecule has 2 aromatic heterocycles. The molecule has 1 amide bonds. The van der Waals surface area contributed by atoms with Gasteiger partial charge in [-0.2, -0.15) is 13.2 Å². The van der Waals surface area contributed by atoms with Crippen LogP contribution in [0.1, 0.15) is 34.1 Å². The van der Waals surface area contributed by atoms with Crippen molar-refractivity contribution in [3.05, 3.63) is 87.6 Å². The molecule has 1 atom stereocenters. The Morgan fingerprint density at radius 2 is 1.76 bits per heavy atom. The molecule has 46 heavy (non-hydrogen) atoms. The molecular weight excluding hydrogens is 632 g/mol. The molecule has 0 radical (unpaired) electrons. The molecule has 1 unspecified atom stereocenters. The lowest BCUT2D eigenvalue weighted by Gasteiger charge is -2.36. The lowest BCUT2D eigenvalue weighted by molar-refractivity contribution is -0.137. The van der Waals surface area contributed by atoms with Crippen molar-refractivity contribution in [2.45, 2.75) is 25.2 Å². The lowest BCUT2D eigenvalue weighted by Crippen LogP contribution is -2.43. The number of benzene rings is 2. The topological polar surface area (TPSA) is 77.8 Å². The Morgan fingerprint density at radius 3 is 2.46 bits per heavy atom. The molecule has 0 aliphatic carbocycles. The van der Waals surface area contributed by atoms with Crippen LogP contribution in [0.3, 0.4) is 0 Å². The maximum atomic E-state index is 15.8. The first kappa shape index (κ1) is 31.9. The highest BCUT2D eigenvalue weighted by Gasteiger charge is 2.39. The molecule has 2 aliphatic heterocycles. The van der Waals surface area contributed by atoms with Crippen molar-refractivity contribution in [2.24, 2.45) is 0 Å². The maximum absolute atomic E-state index is 15.8. The summed E-state index contributed by atoms with van der Waals surface area (Å²) in [5, 5.41) is 0.337. The summed E-state index contributed by atoms with van der Waals surface area (Å²) in [4.78, 5) is 21.9. The smallest absolute Gasteiger partial charge is 0.416 e. The quantitative estimate of drug-likeness (QED) is 0.229. The zero-order chi connectivity index (χ0) is 32.6. The zero-order valence-corrected chi connectivity index (χ0v) is 25.8. The van der Waals surface area contributed by atoms with Crippen LogP contribution in [0.2, 0.25) is 5.02 Å². The lowest BCUT2D eigenvalue weighted by atomic mass is 9.94. The van der Waals surface area contributed by atoms with Crippen LogP contribution in [-0.2, 0) is 28.7 Å². The zero-order valence-electron chi connectivity index (χ0n) is 25.1. The standard InChI is InChI=1S/C32H31ClF4N4O5/c1-43-26-15-21(23(34)16-27(26)44-2)30-31-24(38-28-14-20(32(35,36)37)5-7-40(28)31)6-8-41(30)29(42)18-46-25-4-3-19(13-22(25)33)17-39-9-11-45-12-10-39/h3-5,7,13-16,30H,6,8-12,17-18H2,1-2H3. The number of hydrogen-bond donors (Lipinski definition) is 0. The Hall–Kier alpha value is -4.07. The van der Waals surface area contributed by atoms with Crippen molar-refractivity contribution in [3.8, 4) is 17.2 Å². The number of alkyl halides is 3. The number of rotatable bonds is 8. The first-order chi connectivity index (χ1) is 22.1. The van der Waals surface area contributed by atoms with E-state index in [1.807, 2.05) is 6.07 Å².